The van der Waals surface area contributed by atoms with E-state index in [1.807, 2.05) is 11.3 Å². The number of thiophene rings is 1. The summed E-state index contributed by atoms with van der Waals surface area (Å²) in [5.41, 5.74) is 8.98. The van der Waals surface area contributed by atoms with E-state index in [1.165, 1.54) is 42.4 Å². The van der Waals surface area contributed by atoms with Gasteiger partial charge in [-0.3, -0.25) is 0 Å². The van der Waals surface area contributed by atoms with Crippen molar-refractivity contribution in [2.75, 3.05) is 5.32 Å². The minimum atomic E-state index is 0.0536. The van der Waals surface area contributed by atoms with Gasteiger partial charge in [0.2, 0.25) is 0 Å². The van der Waals surface area contributed by atoms with Crippen LogP contribution >= 0.6 is 11.3 Å². The van der Waals surface area contributed by atoms with Gasteiger partial charge in [-0.05, 0) is 59.7 Å². The maximum absolute atomic E-state index is 4.99. The Bertz CT molecular complexity index is 2090. The first-order valence-corrected chi connectivity index (χ1v) is 15.0. The SMILES string of the molecule is c1ccc(C2NC(c3ccc(Nc4ccccc4-c4ccc5c(c4)sc4ccccc45)cc3)=Nc3ccccc32)cc1. The second kappa shape index (κ2) is 10.3. The lowest BCUT2D eigenvalue weighted by molar-refractivity contribution is 0.749. The van der Waals surface area contributed by atoms with E-state index in [1.54, 1.807) is 0 Å². The van der Waals surface area contributed by atoms with E-state index in [0.29, 0.717) is 0 Å². The largest absolute Gasteiger partial charge is 0.359 e. The number of rotatable bonds is 5. The molecule has 1 unspecified atom stereocenters. The summed E-state index contributed by atoms with van der Waals surface area (Å²) in [5, 5.41) is 10.0. The summed E-state index contributed by atoms with van der Waals surface area (Å²) in [4.78, 5) is 4.99. The molecule has 8 rings (SSSR count). The minimum absolute atomic E-state index is 0.0536. The predicted molar refractivity (Wildman–Crippen MR) is 179 cm³/mol. The van der Waals surface area contributed by atoms with Crippen LogP contribution in [0.1, 0.15) is 22.7 Å². The van der Waals surface area contributed by atoms with Gasteiger partial charge in [0.05, 0.1) is 11.7 Å². The number of fused-ring (bicyclic) bond motifs is 4. The van der Waals surface area contributed by atoms with Crippen LogP contribution in [0.4, 0.5) is 17.1 Å². The highest BCUT2D eigenvalue weighted by Gasteiger charge is 2.23. The Morgan fingerprint density at radius 3 is 2.21 bits per heavy atom. The second-order valence-electron chi connectivity index (χ2n) is 10.6. The molecular formula is C38H27N3S. The molecule has 2 heterocycles. The number of nitrogens with zero attached hydrogens (tertiary/aromatic N) is 1. The lowest BCUT2D eigenvalue weighted by atomic mass is 9.95. The zero-order valence-electron chi connectivity index (χ0n) is 22.8. The standard InChI is InChI=1S/C38H27N3S/c1-2-10-25(11-3-1)37-32-14-5-8-16-34(32)40-38(41-37)26-18-21-28(22-19-26)39-33-15-7-4-12-29(33)27-20-23-31-30-13-6-9-17-35(30)42-36(31)24-27/h1-24,37,39H,(H,40,41). The number of para-hydroxylation sites is 2. The van der Waals surface area contributed by atoms with Crippen molar-refractivity contribution in [2.45, 2.75) is 6.04 Å². The fourth-order valence-corrected chi connectivity index (χ4v) is 7.01. The maximum Gasteiger partial charge on any atom is 0.134 e. The van der Waals surface area contributed by atoms with Crippen molar-refractivity contribution in [1.29, 1.82) is 0 Å². The monoisotopic (exact) mass is 557 g/mol. The van der Waals surface area contributed by atoms with E-state index >= 15 is 0 Å². The van der Waals surface area contributed by atoms with Crippen molar-refractivity contribution in [2.24, 2.45) is 4.99 Å². The van der Waals surface area contributed by atoms with Gasteiger partial charge in [0.15, 0.2) is 0 Å². The number of hydrogen-bond donors (Lipinski definition) is 2. The number of hydrogen-bond acceptors (Lipinski definition) is 4. The van der Waals surface area contributed by atoms with Gasteiger partial charge in [-0.15, -0.1) is 11.3 Å². The summed E-state index contributed by atoms with van der Waals surface area (Å²) in [6.07, 6.45) is 0. The third kappa shape index (κ3) is 4.43. The number of nitrogens with one attached hydrogen (secondary N) is 2. The van der Waals surface area contributed by atoms with E-state index in [9.17, 15) is 0 Å². The fraction of sp³-hybridized carbons (Fsp3) is 0.0263. The van der Waals surface area contributed by atoms with Gasteiger partial charge < -0.3 is 10.6 Å². The van der Waals surface area contributed by atoms with Crippen LogP contribution in [-0.4, -0.2) is 5.84 Å². The zero-order chi connectivity index (χ0) is 27.9. The highest BCUT2D eigenvalue weighted by atomic mass is 32.1. The van der Waals surface area contributed by atoms with Crippen LogP contribution in [0.25, 0.3) is 31.3 Å². The summed E-state index contributed by atoms with van der Waals surface area (Å²) in [7, 11) is 0. The number of amidine groups is 1. The molecule has 3 nitrogen and oxygen atoms in total. The molecule has 1 aliphatic rings. The predicted octanol–water partition coefficient (Wildman–Crippen LogP) is 10.2. The smallest absolute Gasteiger partial charge is 0.134 e. The van der Waals surface area contributed by atoms with E-state index in [0.717, 1.165) is 28.5 Å². The number of aliphatic imine (C=N–C) groups is 1. The van der Waals surface area contributed by atoms with Crippen LogP contribution in [0.3, 0.4) is 0 Å². The van der Waals surface area contributed by atoms with Crippen molar-refractivity contribution in [3.63, 3.8) is 0 Å². The maximum atomic E-state index is 4.99. The fourth-order valence-electron chi connectivity index (χ4n) is 5.86. The van der Waals surface area contributed by atoms with Crippen molar-refractivity contribution < 1.29 is 0 Å². The summed E-state index contributed by atoms with van der Waals surface area (Å²) >= 11 is 1.85. The van der Waals surface area contributed by atoms with Gasteiger partial charge in [0.1, 0.15) is 5.84 Å². The Morgan fingerprint density at radius 2 is 1.31 bits per heavy atom. The summed E-state index contributed by atoms with van der Waals surface area (Å²) in [6.45, 7) is 0. The Morgan fingerprint density at radius 1 is 0.595 bits per heavy atom. The molecule has 0 aliphatic carbocycles. The lowest BCUT2D eigenvalue weighted by Crippen LogP contribution is -2.32. The highest BCUT2D eigenvalue weighted by molar-refractivity contribution is 7.25. The first kappa shape index (κ1) is 24.6. The van der Waals surface area contributed by atoms with Crippen molar-refractivity contribution in [3.8, 4) is 11.1 Å². The Labute approximate surface area is 248 Å². The molecule has 0 spiro atoms. The number of benzene rings is 6. The van der Waals surface area contributed by atoms with Crippen LogP contribution in [0.2, 0.25) is 0 Å². The molecule has 42 heavy (non-hydrogen) atoms. The third-order valence-electron chi connectivity index (χ3n) is 7.95. The highest BCUT2D eigenvalue weighted by Crippen LogP contribution is 2.39. The van der Waals surface area contributed by atoms with Crippen LogP contribution in [0.5, 0.6) is 0 Å². The second-order valence-corrected chi connectivity index (χ2v) is 11.6. The molecule has 6 aromatic carbocycles. The summed E-state index contributed by atoms with van der Waals surface area (Å²) in [6, 6.07) is 51.5. The zero-order valence-corrected chi connectivity index (χ0v) is 23.6. The molecule has 7 aromatic rings. The van der Waals surface area contributed by atoms with Crippen molar-refractivity contribution in [1.82, 2.24) is 5.32 Å². The number of anilines is 2. The molecule has 200 valence electrons. The van der Waals surface area contributed by atoms with Gasteiger partial charge >= 0.3 is 0 Å². The average molecular weight is 558 g/mol. The van der Waals surface area contributed by atoms with Gasteiger partial charge in [0, 0.05) is 48.2 Å². The molecule has 0 bridgehead atoms. The molecule has 1 atom stereocenters. The van der Waals surface area contributed by atoms with Gasteiger partial charge in [0.25, 0.3) is 0 Å². The molecular weight excluding hydrogens is 531 g/mol. The normalized spacial score (nSPS) is 14.3. The molecule has 0 saturated heterocycles. The minimum Gasteiger partial charge on any atom is -0.359 e. The Hall–Kier alpha value is -5.19. The lowest BCUT2D eigenvalue weighted by Gasteiger charge is -2.27. The molecule has 0 radical (unpaired) electrons. The first-order chi connectivity index (χ1) is 20.8. The van der Waals surface area contributed by atoms with Gasteiger partial charge in [-0.25, -0.2) is 4.99 Å². The molecule has 1 aliphatic heterocycles. The van der Waals surface area contributed by atoms with Crippen molar-refractivity contribution in [3.05, 3.63) is 162 Å². The molecule has 2 N–H and O–H groups in total. The molecule has 0 amide bonds. The topological polar surface area (TPSA) is 36.4 Å². The summed E-state index contributed by atoms with van der Waals surface area (Å²) in [5.74, 6) is 0.881. The molecule has 1 aromatic heterocycles. The van der Waals surface area contributed by atoms with Crippen LogP contribution < -0.4 is 10.6 Å². The Kier molecular flexibility index (Phi) is 6.05. The first-order valence-electron chi connectivity index (χ1n) is 14.2. The van der Waals surface area contributed by atoms with E-state index in [-0.39, 0.29) is 6.04 Å². The molecule has 0 fully saturated rings. The third-order valence-corrected chi connectivity index (χ3v) is 9.08. The molecule has 4 heteroatoms. The van der Waals surface area contributed by atoms with Gasteiger partial charge in [-0.1, -0.05) is 97.1 Å². The molecule has 0 saturated carbocycles. The van der Waals surface area contributed by atoms with Crippen molar-refractivity contribution >= 4 is 54.4 Å². The quantitative estimate of drug-likeness (QED) is 0.221. The van der Waals surface area contributed by atoms with Crippen LogP contribution in [0, 0.1) is 0 Å². The van der Waals surface area contributed by atoms with E-state index in [2.05, 4.69) is 156 Å². The van der Waals surface area contributed by atoms with Crippen LogP contribution in [-0.2, 0) is 0 Å². The summed E-state index contributed by atoms with van der Waals surface area (Å²) < 4.78 is 2.63. The average Bonchev–Trinajstić information content (AvgIpc) is 3.43. The van der Waals surface area contributed by atoms with Gasteiger partial charge in [-0.2, -0.15) is 0 Å². The van der Waals surface area contributed by atoms with Crippen LogP contribution in [0.15, 0.2) is 151 Å². The Balaban J connectivity index is 1.09. The van der Waals surface area contributed by atoms with E-state index in [4.69, 9.17) is 4.99 Å². The van der Waals surface area contributed by atoms with E-state index < -0.39 is 0 Å².